The van der Waals surface area contributed by atoms with Gasteiger partial charge in [-0.1, -0.05) is 30.3 Å². The number of sulfonamides is 1. The Morgan fingerprint density at radius 2 is 1.79 bits per heavy atom. The molecule has 0 amide bonds. The highest BCUT2D eigenvalue weighted by molar-refractivity contribution is 7.88. The topological polar surface area (TPSA) is 50.5 Å². The maximum absolute atomic E-state index is 12.2. The summed E-state index contributed by atoms with van der Waals surface area (Å²) in [7, 11) is -1.76. The van der Waals surface area contributed by atoms with Crippen LogP contribution in [0.15, 0.2) is 46.9 Å². The van der Waals surface area contributed by atoms with Crippen LogP contribution in [-0.2, 0) is 22.3 Å². The van der Waals surface area contributed by atoms with E-state index in [0.29, 0.717) is 5.76 Å². The van der Waals surface area contributed by atoms with Gasteiger partial charge in [-0.15, -0.1) is 0 Å². The molecule has 1 aromatic heterocycles. The molecular weight excluding hydrogens is 262 g/mol. The molecule has 0 aliphatic carbocycles. The van der Waals surface area contributed by atoms with Crippen LogP contribution in [0.3, 0.4) is 0 Å². The molecule has 0 spiro atoms. The Balaban J connectivity index is 2.07. The van der Waals surface area contributed by atoms with Crippen molar-refractivity contribution in [2.24, 2.45) is 0 Å². The Labute approximate surface area is 113 Å². The van der Waals surface area contributed by atoms with Crippen molar-refractivity contribution in [2.75, 3.05) is 7.05 Å². The quantitative estimate of drug-likeness (QED) is 0.845. The van der Waals surface area contributed by atoms with Gasteiger partial charge in [-0.3, -0.25) is 0 Å². The Morgan fingerprint density at radius 3 is 2.37 bits per heavy atom. The second-order valence-electron chi connectivity index (χ2n) is 4.51. The average molecular weight is 279 g/mol. The van der Waals surface area contributed by atoms with Gasteiger partial charge in [-0.25, -0.2) is 8.42 Å². The van der Waals surface area contributed by atoms with Crippen molar-refractivity contribution < 1.29 is 12.8 Å². The number of rotatable bonds is 5. The molecule has 2 rings (SSSR count). The van der Waals surface area contributed by atoms with Crippen LogP contribution in [0.4, 0.5) is 0 Å². The van der Waals surface area contributed by atoms with Crippen molar-refractivity contribution in [3.05, 3.63) is 59.5 Å². The van der Waals surface area contributed by atoms with Gasteiger partial charge in [0.2, 0.25) is 10.0 Å². The first kappa shape index (κ1) is 13.8. The summed E-state index contributed by atoms with van der Waals surface area (Å²) in [6.07, 6.45) is 0. The summed E-state index contributed by atoms with van der Waals surface area (Å²) in [4.78, 5) is 0. The summed E-state index contributed by atoms with van der Waals surface area (Å²) in [5.74, 6) is 1.44. The third-order valence-corrected chi connectivity index (χ3v) is 4.62. The van der Waals surface area contributed by atoms with Crippen LogP contribution in [0.25, 0.3) is 0 Å². The number of hydrogen-bond acceptors (Lipinski definition) is 3. The van der Waals surface area contributed by atoms with Gasteiger partial charge in [0.15, 0.2) is 0 Å². The Kier molecular flexibility index (Phi) is 4.07. The van der Waals surface area contributed by atoms with Crippen LogP contribution in [0.5, 0.6) is 0 Å². The zero-order valence-corrected chi connectivity index (χ0v) is 11.9. The molecule has 2 aromatic rings. The highest BCUT2D eigenvalue weighted by atomic mass is 32.2. The van der Waals surface area contributed by atoms with Crippen LogP contribution in [0, 0.1) is 6.92 Å². The predicted molar refractivity (Wildman–Crippen MR) is 74.0 cm³/mol. The highest BCUT2D eigenvalue weighted by Crippen LogP contribution is 2.14. The monoisotopic (exact) mass is 279 g/mol. The molecule has 0 unspecified atom stereocenters. The van der Waals surface area contributed by atoms with E-state index >= 15 is 0 Å². The molecule has 0 fully saturated rings. The molecule has 0 radical (unpaired) electrons. The molecule has 5 heteroatoms. The number of nitrogens with zero attached hydrogens (tertiary/aromatic N) is 1. The zero-order valence-electron chi connectivity index (χ0n) is 11.0. The fourth-order valence-corrected chi connectivity index (χ4v) is 2.94. The van der Waals surface area contributed by atoms with E-state index in [9.17, 15) is 8.42 Å². The first-order valence-corrected chi connectivity index (χ1v) is 7.61. The third kappa shape index (κ3) is 3.68. The van der Waals surface area contributed by atoms with E-state index < -0.39 is 10.0 Å². The van der Waals surface area contributed by atoms with E-state index in [1.54, 1.807) is 13.1 Å². The Bertz CT molecular complexity index is 632. The maximum atomic E-state index is 12.2. The van der Waals surface area contributed by atoms with Crippen molar-refractivity contribution in [2.45, 2.75) is 19.2 Å². The van der Waals surface area contributed by atoms with Crippen molar-refractivity contribution in [1.29, 1.82) is 0 Å². The van der Waals surface area contributed by atoms with Gasteiger partial charge in [-0.2, -0.15) is 4.31 Å². The molecule has 0 atom stereocenters. The molecule has 0 aliphatic heterocycles. The normalized spacial score (nSPS) is 11.9. The second-order valence-corrected chi connectivity index (χ2v) is 6.59. The van der Waals surface area contributed by atoms with E-state index in [4.69, 9.17) is 4.42 Å². The van der Waals surface area contributed by atoms with Gasteiger partial charge in [0, 0.05) is 7.05 Å². The molecule has 102 valence electrons. The summed E-state index contributed by atoms with van der Waals surface area (Å²) in [6.45, 7) is 2.09. The van der Waals surface area contributed by atoms with Crippen LogP contribution in [0.2, 0.25) is 0 Å². The molecular formula is C14H17NO3S. The smallest absolute Gasteiger partial charge is 0.218 e. The zero-order chi connectivity index (χ0) is 13.9. The fraction of sp³-hybridized carbons (Fsp3) is 0.286. The minimum absolute atomic E-state index is 0.00400. The maximum Gasteiger partial charge on any atom is 0.218 e. The van der Waals surface area contributed by atoms with Crippen molar-refractivity contribution in [3.63, 3.8) is 0 Å². The largest absolute Gasteiger partial charge is 0.465 e. The number of aryl methyl sites for hydroxylation is 1. The van der Waals surface area contributed by atoms with Gasteiger partial charge >= 0.3 is 0 Å². The summed E-state index contributed by atoms with van der Waals surface area (Å²) < 4.78 is 31.1. The molecule has 0 saturated heterocycles. The number of furan rings is 1. The third-order valence-electron chi connectivity index (χ3n) is 2.84. The SMILES string of the molecule is Cc1ccc(CN(C)S(=O)(=O)Cc2ccccc2)o1. The molecule has 0 bridgehead atoms. The first-order valence-electron chi connectivity index (χ1n) is 6.00. The second kappa shape index (κ2) is 5.59. The molecule has 4 nitrogen and oxygen atoms in total. The minimum Gasteiger partial charge on any atom is -0.465 e. The molecule has 1 heterocycles. The van der Waals surface area contributed by atoms with Gasteiger partial charge in [0.05, 0.1) is 12.3 Å². The van der Waals surface area contributed by atoms with E-state index in [1.807, 2.05) is 43.3 Å². The standard InChI is InChI=1S/C14H17NO3S/c1-12-8-9-14(18-12)10-15(2)19(16,17)11-13-6-4-3-5-7-13/h3-9H,10-11H2,1-2H3. The lowest BCUT2D eigenvalue weighted by molar-refractivity contribution is 0.397. The van der Waals surface area contributed by atoms with E-state index in [-0.39, 0.29) is 12.3 Å². The van der Waals surface area contributed by atoms with Crippen LogP contribution in [-0.4, -0.2) is 19.8 Å². The fourth-order valence-electron chi connectivity index (χ4n) is 1.78. The van der Waals surface area contributed by atoms with Crippen molar-refractivity contribution in [3.8, 4) is 0 Å². The Morgan fingerprint density at radius 1 is 1.11 bits per heavy atom. The number of benzene rings is 1. The summed E-state index contributed by atoms with van der Waals surface area (Å²) in [6, 6.07) is 12.8. The van der Waals surface area contributed by atoms with Gasteiger partial charge in [-0.05, 0) is 24.6 Å². The van der Waals surface area contributed by atoms with Gasteiger partial charge < -0.3 is 4.42 Å². The molecule has 0 N–H and O–H groups in total. The lowest BCUT2D eigenvalue weighted by atomic mass is 10.2. The summed E-state index contributed by atoms with van der Waals surface area (Å²) in [5.41, 5.74) is 0.782. The molecule has 0 saturated carbocycles. The molecule has 1 aromatic carbocycles. The summed E-state index contributed by atoms with van der Waals surface area (Å²) >= 11 is 0. The van der Waals surface area contributed by atoms with Crippen LogP contribution < -0.4 is 0 Å². The van der Waals surface area contributed by atoms with Crippen molar-refractivity contribution >= 4 is 10.0 Å². The number of hydrogen-bond donors (Lipinski definition) is 0. The van der Waals surface area contributed by atoms with Crippen molar-refractivity contribution in [1.82, 2.24) is 4.31 Å². The predicted octanol–water partition coefficient (Wildman–Crippen LogP) is 2.55. The van der Waals surface area contributed by atoms with E-state index in [1.165, 1.54) is 4.31 Å². The first-order chi connectivity index (χ1) is 8.97. The van der Waals surface area contributed by atoms with E-state index in [2.05, 4.69) is 0 Å². The molecule has 19 heavy (non-hydrogen) atoms. The van der Waals surface area contributed by atoms with Crippen LogP contribution >= 0.6 is 0 Å². The van der Waals surface area contributed by atoms with Gasteiger partial charge in [0.25, 0.3) is 0 Å². The Hall–Kier alpha value is -1.59. The average Bonchev–Trinajstić information content (AvgIpc) is 2.75. The van der Waals surface area contributed by atoms with Gasteiger partial charge in [0.1, 0.15) is 11.5 Å². The van der Waals surface area contributed by atoms with E-state index in [0.717, 1.165) is 11.3 Å². The minimum atomic E-state index is -3.33. The lowest BCUT2D eigenvalue weighted by Gasteiger charge is -2.15. The summed E-state index contributed by atoms with van der Waals surface area (Å²) in [5, 5.41) is 0. The van der Waals surface area contributed by atoms with Crippen LogP contribution in [0.1, 0.15) is 17.1 Å². The molecule has 0 aliphatic rings. The lowest BCUT2D eigenvalue weighted by Crippen LogP contribution is -2.27. The highest BCUT2D eigenvalue weighted by Gasteiger charge is 2.19.